The predicted molar refractivity (Wildman–Crippen MR) is 52.6 cm³/mol. The van der Waals surface area contributed by atoms with Crippen LogP contribution in [0.5, 0.6) is 0 Å². The van der Waals surface area contributed by atoms with Gasteiger partial charge in [-0.25, -0.2) is 0 Å². The van der Waals surface area contributed by atoms with Gasteiger partial charge < -0.3 is 0 Å². The fourth-order valence-corrected chi connectivity index (χ4v) is 1.68. The molecule has 13 heavy (non-hydrogen) atoms. The molecular weight excluding hydrogens is 160 g/mol. The minimum absolute atomic E-state index is 0.257. The van der Waals surface area contributed by atoms with Crippen molar-refractivity contribution in [2.24, 2.45) is 0 Å². The van der Waals surface area contributed by atoms with Gasteiger partial charge >= 0.3 is 0 Å². The molecule has 0 N–H and O–H groups in total. The standard InChI is InChI=1S/C12H12O/c13-12-8-6-11(7-9-12)10-4-2-1-3-5-10/h1-6,8,11H,7,9H2. The molecule has 1 nitrogen and oxygen atoms in total. The van der Waals surface area contributed by atoms with Gasteiger partial charge in [-0.1, -0.05) is 36.4 Å². The molecule has 0 aromatic heterocycles. The average molecular weight is 172 g/mol. The van der Waals surface area contributed by atoms with Gasteiger partial charge in [0.25, 0.3) is 0 Å². The van der Waals surface area contributed by atoms with Gasteiger partial charge in [0.2, 0.25) is 0 Å². The Morgan fingerprint density at radius 1 is 1.15 bits per heavy atom. The van der Waals surface area contributed by atoms with Crippen molar-refractivity contribution in [3.8, 4) is 0 Å². The van der Waals surface area contributed by atoms with Gasteiger partial charge in [0.15, 0.2) is 5.78 Å². The Morgan fingerprint density at radius 2 is 1.92 bits per heavy atom. The number of rotatable bonds is 1. The molecule has 0 amide bonds. The molecule has 0 aliphatic heterocycles. The van der Waals surface area contributed by atoms with Crippen molar-refractivity contribution in [3.63, 3.8) is 0 Å². The van der Waals surface area contributed by atoms with Gasteiger partial charge in [-0.15, -0.1) is 0 Å². The summed E-state index contributed by atoms with van der Waals surface area (Å²) in [7, 11) is 0. The second-order valence-electron chi connectivity index (χ2n) is 3.38. The van der Waals surface area contributed by atoms with Gasteiger partial charge in [0.05, 0.1) is 0 Å². The van der Waals surface area contributed by atoms with Crippen molar-refractivity contribution >= 4 is 5.78 Å². The van der Waals surface area contributed by atoms with Crippen LogP contribution in [0.2, 0.25) is 0 Å². The first-order valence-electron chi connectivity index (χ1n) is 4.62. The SMILES string of the molecule is O=C1C=CC(c2ccccc2)CC1. The maximum atomic E-state index is 11.0. The smallest absolute Gasteiger partial charge is 0.155 e. The van der Waals surface area contributed by atoms with Crippen LogP contribution < -0.4 is 0 Å². The number of allylic oxidation sites excluding steroid dienone is 2. The monoisotopic (exact) mass is 172 g/mol. The third-order valence-electron chi connectivity index (χ3n) is 2.44. The first-order valence-corrected chi connectivity index (χ1v) is 4.62. The first-order chi connectivity index (χ1) is 6.36. The molecule has 0 saturated carbocycles. The Balaban J connectivity index is 2.20. The van der Waals surface area contributed by atoms with Crippen LogP contribution in [-0.2, 0) is 4.79 Å². The molecule has 1 atom stereocenters. The summed E-state index contributed by atoms with van der Waals surface area (Å²) in [6.07, 6.45) is 5.37. The second-order valence-corrected chi connectivity index (χ2v) is 3.38. The summed E-state index contributed by atoms with van der Waals surface area (Å²) >= 11 is 0. The Hall–Kier alpha value is -1.37. The molecule has 0 saturated heterocycles. The quantitative estimate of drug-likeness (QED) is 0.636. The number of hydrogen-bond acceptors (Lipinski definition) is 1. The zero-order chi connectivity index (χ0) is 9.10. The highest BCUT2D eigenvalue weighted by molar-refractivity contribution is 5.90. The number of ketones is 1. The molecule has 1 aromatic carbocycles. The molecule has 1 heteroatoms. The van der Waals surface area contributed by atoms with E-state index in [2.05, 4.69) is 12.1 Å². The van der Waals surface area contributed by atoms with Crippen LogP contribution in [-0.4, -0.2) is 5.78 Å². The fraction of sp³-hybridized carbons (Fsp3) is 0.250. The van der Waals surface area contributed by atoms with Crippen LogP contribution in [0.4, 0.5) is 0 Å². The zero-order valence-corrected chi connectivity index (χ0v) is 7.44. The van der Waals surface area contributed by atoms with Gasteiger partial charge in [-0.3, -0.25) is 4.79 Å². The Bertz CT molecular complexity index is 324. The van der Waals surface area contributed by atoms with Crippen LogP contribution in [0.25, 0.3) is 0 Å². The van der Waals surface area contributed by atoms with Gasteiger partial charge in [-0.05, 0) is 18.1 Å². The molecule has 1 aliphatic rings. The van der Waals surface area contributed by atoms with Crippen LogP contribution in [0.15, 0.2) is 42.5 Å². The molecular formula is C12H12O. The van der Waals surface area contributed by atoms with Gasteiger partial charge in [0.1, 0.15) is 0 Å². The third kappa shape index (κ3) is 1.86. The molecule has 1 aromatic rings. The minimum Gasteiger partial charge on any atom is -0.295 e. The van der Waals surface area contributed by atoms with E-state index in [1.807, 2.05) is 24.3 Å². The maximum absolute atomic E-state index is 11.0. The van der Waals surface area contributed by atoms with E-state index in [0.717, 1.165) is 6.42 Å². The Morgan fingerprint density at radius 3 is 2.54 bits per heavy atom. The summed E-state index contributed by atoms with van der Waals surface area (Å²) in [6, 6.07) is 10.3. The minimum atomic E-state index is 0.257. The Kier molecular flexibility index (Phi) is 2.26. The van der Waals surface area contributed by atoms with E-state index >= 15 is 0 Å². The molecule has 66 valence electrons. The third-order valence-corrected chi connectivity index (χ3v) is 2.44. The lowest BCUT2D eigenvalue weighted by molar-refractivity contribution is -0.115. The average Bonchev–Trinajstić information content (AvgIpc) is 2.20. The molecule has 1 aliphatic carbocycles. The van der Waals surface area contributed by atoms with E-state index in [4.69, 9.17) is 0 Å². The van der Waals surface area contributed by atoms with Crippen molar-refractivity contribution in [2.75, 3.05) is 0 Å². The number of carbonyl (C=O) groups is 1. The number of benzene rings is 1. The largest absolute Gasteiger partial charge is 0.295 e. The normalized spacial score (nSPS) is 21.8. The van der Waals surface area contributed by atoms with E-state index in [1.54, 1.807) is 6.08 Å². The summed E-state index contributed by atoms with van der Waals surface area (Å²) < 4.78 is 0. The van der Waals surface area contributed by atoms with Crippen molar-refractivity contribution in [1.82, 2.24) is 0 Å². The second kappa shape index (κ2) is 3.56. The summed E-state index contributed by atoms with van der Waals surface area (Å²) in [5.74, 6) is 0.700. The van der Waals surface area contributed by atoms with E-state index in [-0.39, 0.29) is 5.78 Å². The molecule has 0 fully saturated rings. The van der Waals surface area contributed by atoms with Crippen LogP contribution in [0, 0.1) is 0 Å². The number of hydrogen-bond donors (Lipinski definition) is 0. The molecule has 0 radical (unpaired) electrons. The highest BCUT2D eigenvalue weighted by Gasteiger charge is 2.13. The predicted octanol–water partition coefficient (Wildman–Crippen LogP) is 2.69. The lowest BCUT2D eigenvalue weighted by Gasteiger charge is -2.15. The van der Waals surface area contributed by atoms with E-state index in [1.165, 1.54) is 5.56 Å². The maximum Gasteiger partial charge on any atom is 0.155 e. The zero-order valence-electron chi connectivity index (χ0n) is 7.44. The van der Waals surface area contributed by atoms with Crippen LogP contribution in [0.1, 0.15) is 24.3 Å². The first kappa shape index (κ1) is 8.24. The lowest BCUT2D eigenvalue weighted by atomic mass is 9.89. The highest BCUT2D eigenvalue weighted by atomic mass is 16.1. The summed E-state index contributed by atoms with van der Waals surface area (Å²) in [6.45, 7) is 0. The highest BCUT2D eigenvalue weighted by Crippen LogP contribution is 2.25. The fourth-order valence-electron chi connectivity index (χ4n) is 1.68. The van der Waals surface area contributed by atoms with E-state index in [0.29, 0.717) is 12.3 Å². The van der Waals surface area contributed by atoms with Crippen molar-refractivity contribution in [2.45, 2.75) is 18.8 Å². The molecule has 0 heterocycles. The molecule has 2 rings (SSSR count). The summed E-state index contributed by atoms with van der Waals surface area (Å²) in [5, 5.41) is 0. The topological polar surface area (TPSA) is 17.1 Å². The van der Waals surface area contributed by atoms with Crippen molar-refractivity contribution in [3.05, 3.63) is 48.0 Å². The van der Waals surface area contributed by atoms with E-state index < -0.39 is 0 Å². The summed E-state index contributed by atoms with van der Waals surface area (Å²) in [4.78, 5) is 11.0. The molecule has 0 bridgehead atoms. The van der Waals surface area contributed by atoms with Gasteiger partial charge in [-0.2, -0.15) is 0 Å². The van der Waals surface area contributed by atoms with Gasteiger partial charge in [0, 0.05) is 12.3 Å². The Labute approximate surface area is 78.1 Å². The van der Waals surface area contributed by atoms with Crippen molar-refractivity contribution in [1.29, 1.82) is 0 Å². The van der Waals surface area contributed by atoms with Crippen LogP contribution in [0.3, 0.4) is 0 Å². The van der Waals surface area contributed by atoms with Crippen LogP contribution >= 0.6 is 0 Å². The number of carbonyl (C=O) groups excluding carboxylic acids is 1. The molecule has 0 spiro atoms. The summed E-state index contributed by atoms with van der Waals surface area (Å²) in [5.41, 5.74) is 1.31. The lowest BCUT2D eigenvalue weighted by Crippen LogP contribution is -2.05. The van der Waals surface area contributed by atoms with E-state index in [9.17, 15) is 4.79 Å². The van der Waals surface area contributed by atoms with Crippen molar-refractivity contribution < 1.29 is 4.79 Å². The molecule has 1 unspecified atom stereocenters.